The highest BCUT2D eigenvalue weighted by atomic mass is 19.4. The zero-order valence-electron chi connectivity index (χ0n) is 12.4. The Labute approximate surface area is 119 Å². The summed E-state index contributed by atoms with van der Waals surface area (Å²) in [4.78, 5) is 0. The smallest absolute Gasteiger partial charge is 0.310 e. The standard InChI is InChI=1S/C16H24F3N/c1-4-11-20-15(12(5-2)6-3)13-7-9-14(10-8-13)16(17,18)19/h7-10,12,15,20H,4-6,11H2,1-3H3. The molecule has 1 nitrogen and oxygen atoms in total. The minimum Gasteiger partial charge on any atom is -0.310 e. The topological polar surface area (TPSA) is 12.0 Å². The van der Waals surface area contributed by atoms with E-state index in [1.54, 1.807) is 12.1 Å². The van der Waals surface area contributed by atoms with Gasteiger partial charge >= 0.3 is 6.18 Å². The summed E-state index contributed by atoms with van der Waals surface area (Å²) in [5.74, 6) is 0.443. The third kappa shape index (κ3) is 4.51. The van der Waals surface area contributed by atoms with E-state index in [1.165, 1.54) is 12.1 Å². The molecule has 1 unspecified atom stereocenters. The molecule has 0 bridgehead atoms. The summed E-state index contributed by atoms with van der Waals surface area (Å²) in [6.45, 7) is 7.21. The first-order valence-corrected chi connectivity index (χ1v) is 7.34. The fraction of sp³-hybridized carbons (Fsp3) is 0.625. The molecule has 0 aromatic heterocycles. The number of benzene rings is 1. The summed E-state index contributed by atoms with van der Waals surface area (Å²) in [7, 11) is 0. The average molecular weight is 287 g/mol. The minimum absolute atomic E-state index is 0.132. The SMILES string of the molecule is CCCNC(c1ccc(C(F)(F)F)cc1)C(CC)CC. The lowest BCUT2D eigenvalue weighted by molar-refractivity contribution is -0.137. The van der Waals surface area contributed by atoms with Gasteiger partial charge in [-0.1, -0.05) is 45.7 Å². The molecule has 1 N–H and O–H groups in total. The minimum atomic E-state index is -4.26. The van der Waals surface area contributed by atoms with Crippen molar-refractivity contribution in [2.45, 2.75) is 52.3 Å². The molecule has 0 fully saturated rings. The fourth-order valence-corrected chi connectivity index (χ4v) is 2.50. The molecular formula is C16H24F3N. The molecule has 0 amide bonds. The third-order valence-electron chi connectivity index (χ3n) is 3.73. The van der Waals surface area contributed by atoms with Crippen LogP contribution in [0.15, 0.2) is 24.3 Å². The lowest BCUT2D eigenvalue weighted by atomic mass is 9.88. The molecule has 1 atom stereocenters. The van der Waals surface area contributed by atoms with Crippen molar-refractivity contribution in [1.29, 1.82) is 0 Å². The van der Waals surface area contributed by atoms with Crippen molar-refractivity contribution in [3.63, 3.8) is 0 Å². The van der Waals surface area contributed by atoms with E-state index in [9.17, 15) is 13.2 Å². The Morgan fingerprint density at radius 3 is 1.95 bits per heavy atom. The monoisotopic (exact) mass is 287 g/mol. The summed E-state index contributed by atoms with van der Waals surface area (Å²) >= 11 is 0. The van der Waals surface area contributed by atoms with Crippen molar-refractivity contribution in [2.24, 2.45) is 5.92 Å². The molecule has 0 spiro atoms. The lowest BCUT2D eigenvalue weighted by Gasteiger charge is -2.27. The molecule has 0 heterocycles. The van der Waals surface area contributed by atoms with E-state index in [1.807, 2.05) is 0 Å². The van der Waals surface area contributed by atoms with Gasteiger partial charge in [0.15, 0.2) is 0 Å². The van der Waals surface area contributed by atoms with E-state index >= 15 is 0 Å². The van der Waals surface area contributed by atoms with Gasteiger partial charge in [0.1, 0.15) is 0 Å². The summed E-state index contributed by atoms with van der Waals surface area (Å²) in [5.41, 5.74) is 0.361. The summed E-state index contributed by atoms with van der Waals surface area (Å²) in [5, 5.41) is 3.46. The van der Waals surface area contributed by atoms with Crippen molar-refractivity contribution in [3.05, 3.63) is 35.4 Å². The third-order valence-corrected chi connectivity index (χ3v) is 3.73. The normalized spacial score (nSPS) is 13.8. The maximum atomic E-state index is 12.6. The van der Waals surface area contributed by atoms with E-state index < -0.39 is 11.7 Å². The van der Waals surface area contributed by atoms with Crippen LogP contribution in [0.1, 0.15) is 57.2 Å². The average Bonchev–Trinajstić information content (AvgIpc) is 2.43. The van der Waals surface area contributed by atoms with E-state index in [2.05, 4.69) is 26.1 Å². The van der Waals surface area contributed by atoms with Crippen LogP contribution in [0.5, 0.6) is 0 Å². The number of hydrogen-bond acceptors (Lipinski definition) is 1. The molecule has 1 aromatic rings. The molecule has 20 heavy (non-hydrogen) atoms. The number of rotatable bonds is 7. The van der Waals surface area contributed by atoms with Crippen molar-refractivity contribution in [1.82, 2.24) is 5.32 Å². The Morgan fingerprint density at radius 1 is 1.00 bits per heavy atom. The van der Waals surface area contributed by atoms with Crippen LogP contribution in [0.25, 0.3) is 0 Å². The van der Waals surface area contributed by atoms with Gasteiger partial charge in [0, 0.05) is 6.04 Å². The molecule has 0 saturated carbocycles. The maximum absolute atomic E-state index is 12.6. The first-order chi connectivity index (χ1) is 9.43. The first-order valence-electron chi connectivity index (χ1n) is 7.34. The zero-order chi connectivity index (χ0) is 15.2. The molecule has 114 valence electrons. The van der Waals surface area contributed by atoms with Crippen molar-refractivity contribution >= 4 is 0 Å². The van der Waals surface area contributed by atoms with Gasteiger partial charge < -0.3 is 5.32 Å². The second-order valence-electron chi connectivity index (χ2n) is 5.13. The van der Waals surface area contributed by atoms with Crippen LogP contribution in [0.3, 0.4) is 0 Å². The van der Waals surface area contributed by atoms with Crippen LogP contribution in [0.2, 0.25) is 0 Å². The van der Waals surface area contributed by atoms with E-state index in [0.29, 0.717) is 5.92 Å². The van der Waals surface area contributed by atoms with Gasteiger partial charge in [-0.3, -0.25) is 0 Å². The molecule has 1 aromatic carbocycles. The van der Waals surface area contributed by atoms with Gasteiger partial charge in [-0.2, -0.15) is 13.2 Å². The van der Waals surface area contributed by atoms with Crippen molar-refractivity contribution in [2.75, 3.05) is 6.54 Å². The van der Waals surface area contributed by atoms with Gasteiger partial charge in [-0.15, -0.1) is 0 Å². The van der Waals surface area contributed by atoms with Crippen LogP contribution in [-0.2, 0) is 6.18 Å². The van der Waals surface area contributed by atoms with Gasteiger partial charge in [-0.05, 0) is 36.6 Å². The summed E-state index contributed by atoms with van der Waals surface area (Å²) in [6, 6.07) is 5.70. The number of halogens is 3. The molecule has 0 saturated heterocycles. The van der Waals surface area contributed by atoms with Gasteiger partial charge in [0.2, 0.25) is 0 Å². The van der Waals surface area contributed by atoms with Gasteiger partial charge in [-0.25, -0.2) is 0 Å². The Kier molecular flexibility index (Phi) is 6.53. The highest BCUT2D eigenvalue weighted by Gasteiger charge is 2.30. The molecule has 0 aliphatic rings. The Hall–Kier alpha value is -1.03. The van der Waals surface area contributed by atoms with Crippen LogP contribution in [0.4, 0.5) is 13.2 Å². The lowest BCUT2D eigenvalue weighted by Crippen LogP contribution is -2.28. The molecular weight excluding hydrogens is 263 g/mol. The summed E-state index contributed by atoms with van der Waals surface area (Å²) < 4.78 is 37.8. The van der Waals surface area contributed by atoms with Crippen LogP contribution in [-0.4, -0.2) is 6.54 Å². The van der Waals surface area contributed by atoms with Crippen molar-refractivity contribution in [3.8, 4) is 0 Å². The number of hydrogen-bond donors (Lipinski definition) is 1. The van der Waals surface area contributed by atoms with Crippen molar-refractivity contribution < 1.29 is 13.2 Å². The van der Waals surface area contributed by atoms with Gasteiger partial charge in [0.05, 0.1) is 5.56 Å². The second kappa shape index (κ2) is 7.67. The van der Waals surface area contributed by atoms with Crippen LogP contribution in [0, 0.1) is 5.92 Å². The Bertz CT molecular complexity index is 380. The Balaban J connectivity index is 2.95. The Morgan fingerprint density at radius 2 is 1.55 bits per heavy atom. The molecule has 0 radical (unpaired) electrons. The predicted molar refractivity (Wildman–Crippen MR) is 76.6 cm³/mol. The van der Waals surface area contributed by atoms with Crippen LogP contribution >= 0.6 is 0 Å². The highest BCUT2D eigenvalue weighted by molar-refractivity contribution is 5.27. The molecule has 1 rings (SSSR count). The quantitative estimate of drug-likeness (QED) is 0.728. The number of alkyl halides is 3. The first kappa shape index (κ1) is 17.0. The fourth-order valence-electron chi connectivity index (χ4n) is 2.50. The zero-order valence-corrected chi connectivity index (χ0v) is 12.4. The predicted octanol–water partition coefficient (Wildman–Crippen LogP) is 5.18. The number of nitrogens with one attached hydrogen (secondary N) is 1. The largest absolute Gasteiger partial charge is 0.416 e. The highest BCUT2D eigenvalue weighted by Crippen LogP contribution is 2.32. The van der Waals surface area contributed by atoms with E-state index in [4.69, 9.17) is 0 Å². The summed E-state index contributed by atoms with van der Waals surface area (Å²) in [6.07, 6.45) is -1.23. The van der Waals surface area contributed by atoms with E-state index in [-0.39, 0.29) is 6.04 Å². The maximum Gasteiger partial charge on any atom is 0.416 e. The van der Waals surface area contributed by atoms with Crippen LogP contribution < -0.4 is 5.32 Å². The van der Waals surface area contributed by atoms with Gasteiger partial charge in [0.25, 0.3) is 0 Å². The molecule has 4 heteroatoms. The molecule has 0 aliphatic heterocycles. The second-order valence-corrected chi connectivity index (χ2v) is 5.13. The molecule has 0 aliphatic carbocycles. The van der Waals surface area contributed by atoms with E-state index in [0.717, 1.165) is 31.4 Å².